The molecule has 2 aliphatic heterocycles. The number of nitrogens with zero attached hydrogens (tertiary/aromatic N) is 5. The Hall–Kier alpha value is -3.39. The van der Waals surface area contributed by atoms with Gasteiger partial charge in [-0.05, 0) is 37.1 Å². The lowest BCUT2D eigenvalue weighted by Crippen LogP contribution is -2.49. The summed E-state index contributed by atoms with van der Waals surface area (Å²) in [6.07, 6.45) is 6.18. The molecule has 1 N–H and O–H groups in total. The Morgan fingerprint density at radius 1 is 1.09 bits per heavy atom. The highest BCUT2D eigenvalue weighted by Crippen LogP contribution is 2.33. The van der Waals surface area contributed by atoms with Gasteiger partial charge in [0.2, 0.25) is 5.95 Å². The first-order chi connectivity index (χ1) is 16.2. The van der Waals surface area contributed by atoms with E-state index in [1.807, 2.05) is 6.07 Å². The third kappa shape index (κ3) is 4.71. The molecule has 1 aromatic carbocycles. The predicted octanol–water partition coefficient (Wildman–Crippen LogP) is 2.57. The van der Waals surface area contributed by atoms with Crippen molar-refractivity contribution in [1.82, 2.24) is 20.2 Å². The van der Waals surface area contributed by atoms with Gasteiger partial charge in [-0.2, -0.15) is 0 Å². The molecule has 1 fully saturated rings. The van der Waals surface area contributed by atoms with Crippen molar-refractivity contribution in [2.45, 2.75) is 25.9 Å². The van der Waals surface area contributed by atoms with Crippen molar-refractivity contribution in [3.05, 3.63) is 71.9 Å². The van der Waals surface area contributed by atoms with Gasteiger partial charge in [-0.3, -0.25) is 9.69 Å². The van der Waals surface area contributed by atoms with E-state index in [0.29, 0.717) is 30.5 Å². The highest BCUT2D eigenvalue weighted by atomic mass is 16.3. The van der Waals surface area contributed by atoms with Gasteiger partial charge in [0.25, 0.3) is 5.91 Å². The van der Waals surface area contributed by atoms with Gasteiger partial charge >= 0.3 is 0 Å². The Bertz CT molecular complexity index is 1080. The Morgan fingerprint density at radius 2 is 1.88 bits per heavy atom. The van der Waals surface area contributed by atoms with Gasteiger partial charge in [0.15, 0.2) is 0 Å². The number of nitrogens with one attached hydrogen (secondary N) is 1. The maximum absolute atomic E-state index is 12.9. The van der Waals surface area contributed by atoms with Crippen LogP contribution in [0.2, 0.25) is 0 Å². The molecule has 1 unspecified atom stereocenters. The molecule has 3 aromatic rings. The minimum Gasteiger partial charge on any atom is -0.467 e. The van der Waals surface area contributed by atoms with Crippen LogP contribution in [-0.4, -0.2) is 66.1 Å². The number of furan rings is 1. The standard InChI is InChI=1S/C25H30N6O2/c1-19-17-20-5-2-3-6-22(20)31(19)18-23-21(7-16-33-23)24(32)26-10-11-29-12-14-30(15-13-29)25-27-8-4-9-28-25/h2-9,16,19H,10-15,17-18H2,1H3,(H,26,32). The first-order valence-electron chi connectivity index (χ1n) is 11.6. The number of amides is 1. The van der Waals surface area contributed by atoms with E-state index in [4.69, 9.17) is 4.42 Å². The number of rotatable bonds is 7. The summed E-state index contributed by atoms with van der Waals surface area (Å²) < 4.78 is 5.73. The molecule has 8 heteroatoms. The van der Waals surface area contributed by atoms with E-state index in [0.717, 1.165) is 45.1 Å². The lowest BCUT2D eigenvalue weighted by Gasteiger charge is -2.34. The average Bonchev–Trinajstić information content (AvgIpc) is 3.44. The molecule has 0 bridgehead atoms. The van der Waals surface area contributed by atoms with Crippen LogP contribution in [0.15, 0.2) is 59.5 Å². The van der Waals surface area contributed by atoms with Crippen LogP contribution in [0, 0.1) is 0 Å². The lowest BCUT2D eigenvalue weighted by molar-refractivity contribution is 0.0945. The van der Waals surface area contributed by atoms with Crippen LogP contribution >= 0.6 is 0 Å². The van der Waals surface area contributed by atoms with Crippen molar-refractivity contribution in [3.63, 3.8) is 0 Å². The largest absolute Gasteiger partial charge is 0.467 e. The third-order valence-corrected chi connectivity index (χ3v) is 6.57. The number of hydrogen-bond acceptors (Lipinski definition) is 7. The molecule has 5 rings (SSSR count). The quantitative estimate of drug-likeness (QED) is 0.598. The van der Waals surface area contributed by atoms with Gasteiger partial charge in [-0.1, -0.05) is 18.2 Å². The van der Waals surface area contributed by atoms with Crippen LogP contribution in [0.1, 0.15) is 28.6 Å². The predicted molar refractivity (Wildman–Crippen MR) is 128 cm³/mol. The van der Waals surface area contributed by atoms with Crippen LogP contribution in [0.5, 0.6) is 0 Å². The second-order valence-corrected chi connectivity index (χ2v) is 8.70. The SMILES string of the molecule is CC1Cc2ccccc2N1Cc1occc1C(=O)NCCN1CCN(c2ncccn2)CC1. The molecule has 1 saturated heterocycles. The van der Waals surface area contributed by atoms with Gasteiger partial charge < -0.3 is 19.5 Å². The summed E-state index contributed by atoms with van der Waals surface area (Å²) in [5, 5.41) is 3.07. The van der Waals surface area contributed by atoms with Gasteiger partial charge in [-0.15, -0.1) is 0 Å². The minimum atomic E-state index is -0.0739. The number of para-hydroxylation sites is 1. The maximum atomic E-state index is 12.9. The van der Waals surface area contributed by atoms with Crippen molar-refractivity contribution >= 4 is 17.5 Å². The molecule has 1 atom stereocenters. The second-order valence-electron chi connectivity index (χ2n) is 8.70. The molecule has 4 heterocycles. The van der Waals surface area contributed by atoms with Crippen molar-refractivity contribution in [2.24, 2.45) is 0 Å². The number of fused-ring (bicyclic) bond motifs is 1. The summed E-state index contributed by atoms with van der Waals surface area (Å²) in [6, 6.07) is 12.4. The molecule has 0 radical (unpaired) electrons. The number of carbonyl (C=O) groups is 1. The summed E-state index contributed by atoms with van der Waals surface area (Å²) in [5.74, 6) is 1.43. The van der Waals surface area contributed by atoms with Crippen LogP contribution in [0.25, 0.3) is 0 Å². The van der Waals surface area contributed by atoms with Gasteiger partial charge in [0.1, 0.15) is 5.76 Å². The Labute approximate surface area is 194 Å². The number of benzene rings is 1. The summed E-state index contributed by atoms with van der Waals surface area (Å²) >= 11 is 0. The van der Waals surface area contributed by atoms with Crippen LogP contribution in [0.3, 0.4) is 0 Å². The first kappa shape index (κ1) is 21.5. The molecule has 172 valence electrons. The second kappa shape index (κ2) is 9.62. The van der Waals surface area contributed by atoms with Crippen LogP contribution in [-0.2, 0) is 13.0 Å². The van der Waals surface area contributed by atoms with E-state index in [9.17, 15) is 4.79 Å². The highest BCUT2D eigenvalue weighted by Gasteiger charge is 2.28. The maximum Gasteiger partial charge on any atom is 0.254 e. The minimum absolute atomic E-state index is 0.0739. The Morgan fingerprint density at radius 3 is 2.70 bits per heavy atom. The third-order valence-electron chi connectivity index (χ3n) is 6.57. The average molecular weight is 447 g/mol. The fraction of sp³-hybridized carbons (Fsp3) is 0.400. The van der Waals surface area contributed by atoms with Crippen LogP contribution < -0.4 is 15.1 Å². The summed E-state index contributed by atoms with van der Waals surface area (Å²) in [4.78, 5) is 28.4. The topological polar surface area (TPSA) is 77.7 Å². The van der Waals surface area contributed by atoms with Gasteiger partial charge in [0.05, 0.1) is 18.4 Å². The zero-order valence-corrected chi connectivity index (χ0v) is 19.0. The van der Waals surface area contributed by atoms with Gasteiger partial charge in [-0.25, -0.2) is 9.97 Å². The number of piperazine rings is 1. The lowest BCUT2D eigenvalue weighted by atomic mass is 10.1. The molecule has 0 aliphatic carbocycles. The summed E-state index contributed by atoms with van der Waals surface area (Å²) in [7, 11) is 0. The molecular weight excluding hydrogens is 416 g/mol. The molecule has 33 heavy (non-hydrogen) atoms. The van der Waals surface area contributed by atoms with E-state index >= 15 is 0 Å². The number of hydrogen-bond donors (Lipinski definition) is 1. The van der Waals surface area contributed by atoms with E-state index in [1.54, 1.807) is 24.7 Å². The van der Waals surface area contributed by atoms with Crippen molar-refractivity contribution in [2.75, 3.05) is 49.1 Å². The van der Waals surface area contributed by atoms with E-state index < -0.39 is 0 Å². The Kier molecular flexibility index (Phi) is 6.26. The van der Waals surface area contributed by atoms with Crippen molar-refractivity contribution in [3.8, 4) is 0 Å². The normalized spacial score (nSPS) is 18.4. The van der Waals surface area contributed by atoms with E-state index in [2.05, 4.69) is 61.2 Å². The van der Waals surface area contributed by atoms with Crippen molar-refractivity contribution in [1.29, 1.82) is 0 Å². The molecule has 0 saturated carbocycles. The molecular formula is C25H30N6O2. The van der Waals surface area contributed by atoms with Crippen LogP contribution in [0.4, 0.5) is 11.6 Å². The molecule has 0 spiro atoms. The molecule has 2 aliphatic rings. The van der Waals surface area contributed by atoms with Crippen molar-refractivity contribution < 1.29 is 9.21 Å². The Balaban J connectivity index is 1.11. The van der Waals surface area contributed by atoms with Gasteiger partial charge in [0, 0.05) is 63.4 Å². The fourth-order valence-corrected chi connectivity index (χ4v) is 4.74. The summed E-state index contributed by atoms with van der Waals surface area (Å²) in [5.41, 5.74) is 3.20. The first-order valence-corrected chi connectivity index (χ1v) is 11.6. The van der Waals surface area contributed by atoms with E-state index in [1.165, 1.54) is 11.3 Å². The smallest absolute Gasteiger partial charge is 0.254 e. The number of aromatic nitrogens is 2. The van der Waals surface area contributed by atoms with E-state index in [-0.39, 0.29) is 5.91 Å². The number of carbonyl (C=O) groups excluding carboxylic acids is 1. The molecule has 1 amide bonds. The zero-order chi connectivity index (χ0) is 22.6. The summed E-state index contributed by atoms with van der Waals surface area (Å²) in [6.45, 7) is 7.87. The molecule has 8 nitrogen and oxygen atoms in total. The zero-order valence-electron chi connectivity index (χ0n) is 19.0. The monoisotopic (exact) mass is 446 g/mol. The highest BCUT2D eigenvalue weighted by molar-refractivity contribution is 5.95. The number of anilines is 2. The molecule has 2 aromatic heterocycles. The fourth-order valence-electron chi connectivity index (χ4n) is 4.74.